The van der Waals surface area contributed by atoms with Crippen molar-refractivity contribution in [3.05, 3.63) is 34.9 Å². The standard InChI is InChI=1S/C19H23BrN6O2/c1-24(2)17-15(10-21-19(23-17)25(3)4)22-18(28)12-8-16(27)26(11-12)14-7-5-6-13(20)9-14/h5-7,9-10,12H,8,11H2,1-4H3,(H,22,28). The fraction of sp³-hybridized carbons (Fsp3) is 0.368. The lowest BCUT2D eigenvalue weighted by molar-refractivity contribution is -0.122. The van der Waals surface area contributed by atoms with E-state index in [1.54, 1.807) is 16.0 Å². The van der Waals surface area contributed by atoms with E-state index in [9.17, 15) is 9.59 Å². The van der Waals surface area contributed by atoms with Crippen LogP contribution in [0.4, 0.5) is 23.1 Å². The predicted molar refractivity (Wildman–Crippen MR) is 114 cm³/mol. The molecule has 2 aromatic rings. The van der Waals surface area contributed by atoms with Crippen LogP contribution in [-0.2, 0) is 9.59 Å². The van der Waals surface area contributed by atoms with Crippen molar-refractivity contribution in [3.8, 4) is 0 Å². The van der Waals surface area contributed by atoms with Crippen LogP contribution in [0.5, 0.6) is 0 Å². The van der Waals surface area contributed by atoms with Crippen molar-refractivity contribution in [3.63, 3.8) is 0 Å². The molecular formula is C19H23BrN6O2. The first-order chi connectivity index (χ1) is 13.3. The molecule has 1 aliphatic heterocycles. The Kier molecular flexibility index (Phi) is 5.83. The van der Waals surface area contributed by atoms with Crippen molar-refractivity contribution >= 4 is 50.9 Å². The molecule has 1 aliphatic rings. The molecule has 2 amide bonds. The Balaban J connectivity index is 1.76. The molecule has 0 saturated carbocycles. The maximum absolute atomic E-state index is 12.8. The van der Waals surface area contributed by atoms with Gasteiger partial charge in [0.15, 0.2) is 5.82 Å². The van der Waals surface area contributed by atoms with Gasteiger partial charge in [0.05, 0.1) is 12.1 Å². The van der Waals surface area contributed by atoms with Gasteiger partial charge in [-0.25, -0.2) is 4.98 Å². The van der Waals surface area contributed by atoms with Gasteiger partial charge in [0.2, 0.25) is 17.8 Å². The van der Waals surface area contributed by atoms with Crippen LogP contribution in [0.25, 0.3) is 0 Å². The van der Waals surface area contributed by atoms with Crippen molar-refractivity contribution in [2.75, 3.05) is 54.8 Å². The largest absolute Gasteiger partial charge is 0.361 e. The number of nitrogens with zero attached hydrogens (tertiary/aromatic N) is 5. The fourth-order valence-corrected chi connectivity index (χ4v) is 3.41. The molecule has 0 spiro atoms. The van der Waals surface area contributed by atoms with Crippen LogP contribution >= 0.6 is 15.9 Å². The zero-order valence-corrected chi connectivity index (χ0v) is 17.9. The summed E-state index contributed by atoms with van der Waals surface area (Å²) in [7, 11) is 7.42. The molecule has 1 atom stereocenters. The van der Waals surface area contributed by atoms with E-state index in [1.807, 2.05) is 57.4 Å². The van der Waals surface area contributed by atoms with Gasteiger partial charge in [0.25, 0.3) is 0 Å². The molecule has 1 aromatic carbocycles. The number of carbonyl (C=O) groups is 2. The van der Waals surface area contributed by atoms with E-state index >= 15 is 0 Å². The lowest BCUT2D eigenvalue weighted by Gasteiger charge is -2.20. The topological polar surface area (TPSA) is 81.7 Å². The molecule has 0 aliphatic carbocycles. The molecule has 148 valence electrons. The maximum atomic E-state index is 12.8. The van der Waals surface area contributed by atoms with Gasteiger partial charge in [-0.1, -0.05) is 22.0 Å². The summed E-state index contributed by atoms with van der Waals surface area (Å²) in [6.45, 7) is 0.342. The van der Waals surface area contributed by atoms with Crippen LogP contribution < -0.4 is 20.0 Å². The number of nitrogens with one attached hydrogen (secondary N) is 1. The third-order valence-electron chi connectivity index (χ3n) is 4.45. The second kappa shape index (κ2) is 8.14. The quantitative estimate of drug-likeness (QED) is 0.758. The summed E-state index contributed by atoms with van der Waals surface area (Å²) in [5, 5.41) is 2.89. The van der Waals surface area contributed by atoms with Gasteiger partial charge in [-0.3, -0.25) is 9.59 Å². The van der Waals surface area contributed by atoms with Crippen LogP contribution in [0.15, 0.2) is 34.9 Å². The van der Waals surface area contributed by atoms with Crippen molar-refractivity contribution in [2.45, 2.75) is 6.42 Å². The van der Waals surface area contributed by atoms with E-state index in [0.717, 1.165) is 10.2 Å². The molecule has 1 aromatic heterocycles. The molecule has 1 fully saturated rings. The molecule has 3 rings (SSSR count). The smallest absolute Gasteiger partial charge is 0.229 e. The molecule has 1 saturated heterocycles. The Labute approximate surface area is 172 Å². The molecule has 2 heterocycles. The highest BCUT2D eigenvalue weighted by atomic mass is 79.9. The first-order valence-electron chi connectivity index (χ1n) is 8.84. The Morgan fingerprint density at radius 3 is 2.64 bits per heavy atom. The number of anilines is 4. The van der Waals surface area contributed by atoms with Gasteiger partial charge >= 0.3 is 0 Å². The average Bonchev–Trinajstić information content (AvgIpc) is 3.03. The van der Waals surface area contributed by atoms with E-state index < -0.39 is 5.92 Å². The second-order valence-corrected chi connectivity index (χ2v) is 7.99. The van der Waals surface area contributed by atoms with E-state index in [2.05, 4.69) is 31.2 Å². The number of aromatic nitrogens is 2. The molecule has 28 heavy (non-hydrogen) atoms. The van der Waals surface area contributed by atoms with Gasteiger partial charge in [-0.05, 0) is 18.2 Å². The number of carbonyl (C=O) groups excluding carboxylic acids is 2. The van der Waals surface area contributed by atoms with Crippen LogP contribution in [-0.4, -0.2) is 56.5 Å². The fourth-order valence-electron chi connectivity index (χ4n) is 3.02. The first-order valence-corrected chi connectivity index (χ1v) is 9.64. The summed E-state index contributed by atoms with van der Waals surface area (Å²) in [5.41, 5.74) is 1.30. The zero-order chi connectivity index (χ0) is 20.4. The van der Waals surface area contributed by atoms with Gasteiger partial charge in [-0.2, -0.15) is 4.98 Å². The minimum Gasteiger partial charge on any atom is -0.361 e. The Hall–Kier alpha value is -2.68. The molecule has 1 unspecified atom stereocenters. The van der Waals surface area contributed by atoms with E-state index in [4.69, 9.17) is 0 Å². The first kappa shape index (κ1) is 20.1. The third kappa shape index (κ3) is 4.24. The Morgan fingerprint density at radius 2 is 2.00 bits per heavy atom. The number of benzene rings is 1. The van der Waals surface area contributed by atoms with Crippen molar-refractivity contribution in [2.24, 2.45) is 5.92 Å². The second-order valence-electron chi connectivity index (χ2n) is 7.07. The lowest BCUT2D eigenvalue weighted by Crippen LogP contribution is -2.29. The molecule has 0 bridgehead atoms. The van der Waals surface area contributed by atoms with E-state index in [0.29, 0.717) is 24.0 Å². The summed E-state index contributed by atoms with van der Waals surface area (Å²) < 4.78 is 0.888. The summed E-state index contributed by atoms with van der Waals surface area (Å²) >= 11 is 3.42. The average molecular weight is 447 g/mol. The molecule has 9 heteroatoms. The number of amides is 2. The molecular weight excluding hydrogens is 424 g/mol. The Morgan fingerprint density at radius 1 is 1.25 bits per heavy atom. The highest BCUT2D eigenvalue weighted by Crippen LogP contribution is 2.29. The van der Waals surface area contributed by atoms with Gasteiger partial charge < -0.3 is 20.0 Å². The number of halogens is 1. The summed E-state index contributed by atoms with van der Waals surface area (Å²) in [6, 6.07) is 7.50. The van der Waals surface area contributed by atoms with Crippen LogP contribution in [0.2, 0.25) is 0 Å². The molecule has 1 N–H and O–H groups in total. The Bertz CT molecular complexity index is 902. The molecule has 8 nitrogen and oxygen atoms in total. The van der Waals surface area contributed by atoms with Crippen LogP contribution in [0.1, 0.15) is 6.42 Å². The van der Waals surface area contributed by atoms with E-state index in [1.165, 1.54) is 0 Å². The number of hydrogen-bond donors (Lipinski definition) is 1. The summed E-state index contributed by atoms with van der Waals surface area (Å²) in [4.78, 5) is 39.3. The van der Waals surface area contributed by atoms with Gasteiger partial charge in [0.1, 0.15) is 5.69 Å². The summed E-state index contributed by atoms with van der Waals surface area (Å²) in [6.07, 6.45) is 1.77. The number of hydrogen-bond acceptors (Lipinski definition) is 6. The van der Waals surface area contributed by atoms with Crippen LogP contribution in [0.3, 0.4) is 0 Å². The zero-order valence-electron chi connectivity index (χ0n) is 16.3. The van der Waals surface area contributed by atoms with Gasteiger partial charge in [-0.15, -0.1) is 0 Å². The van der Waals surface area contributed by atoms with Gasteiger partial charge in [0, 0.05) is 51.3 Å². The van der Waals surface area contributed by atoms with Crippen molar-refractivity contribution < 1.29 is 9.59 Å². The molecule has 0 radical (unpaired) electrons. The lowest BCUT2D eigenvalue weighted by atomic mass is 10.1. The highest BCUT2D eigenvalue weighted by molar-refractivity contribution is 9.10. The van der Waals surface area contributed by atoms with Crippen molar-refractivity contribution in [1.82, 2.24) is 9.97 Å². The minimum atomic E-state index is -0.435. The number of rotatable bonds is 5. The predicted octanol–water partition coefficient (Wildman–Crippen LogP) is 2.36. The third-order valence-corrected chi connectivity index (χ3v) is 4.95. The monoisotopic (exact) mass is 446 g/mol. The normalized spacial score (nSPS) is 16.2. The summed E-state index contributed by atoms with van der Waals surface area (Å²) in [5.74, 6) is 0.453. The van der Waals surface area contributed by atoms with Crippen molar-refractivity contribution in [1.29, 1.82) is 0 Å². The minimum absolute atomic E-state index is 0.0645. The van der Waals surface area contributed by atoms with E-state index in [-0.39, 0.29) is 18.2 Å². The maximum Gasteiger partial charge on any atom is 0.229 e. The highest BCUT2D eigenvalue weighted by Gasteiger charge is 2.35. The SMILES string of the molecule is CN(C)c1ncc(NC(=O)C2CC(=O)N(c3cccc(Br)c3)C2)c(N(C)C)n1. The van der Waals surface area contributed by atoms with Crippen LogP contribution in [0, 0.1) is 5.92 Å².